The van der Waals surface area contributed by atoms with Crippen LogP contribution in [0.15, 0.2) is 10.6 Å². The zero-order valence-electron chi connectivity index (χ0n) is 8.96. The number of nitrogens with zero attached hydrogens (tertiary/aromatic N) is 2. The summed E-state index contributed by atoms with van der Waals surface area (Å²) in [5, 5.41) is 22.2. The molecule has 1 aliphatic rings. The molecule has 2 unspecified atom stereocenters. The zero-order valence-corrected chi connectivity index (χ0v) is 8.96. The van der Waals surface area contributed by atoms with Gasteiger partial charge in [0.1, 0.15) is 6.04 Å². The Morgan fingerprint density at radius 1 is 1.75 bits per heavy atom. The average molecular weight is 226 g/mol. The molecule has 1 fully saturated rings. The topological polar surface area (TPSA) is 86.8 Å². The van der Waals surface area contributed by atoms with E-state index in [1.807, 2.05) is 0 Å². The summed E-state index contributed by atoms with van der Waals surface area (Å²) >= 11 is 0. The van der Waals surface area contributed by atoms with Crippen molar-refractivity contribution in [1.82, 2.24) is 10.1 Å². The number of aliphatic carboxylic acids is 1. The van der Waals surface area contributed by atoms with E-state index >= 15 is 0 Å². The van der Waals surface area contributed by atoms with E-state index < -0.39 is 18.1 Å². The Labute approximate surface area is 92.5 Å². The number of carbonyl (C=O) groups is 1. The third kappa shape index (κ3) is 2.23. The molecule has 16 heavy (non-hydrogen) atoms. The van der Waals surface area contributed by atoms with Crippen molar-refractivity contribution < 1.29 is 19.5 Å². The number of aliphatic hydroxyl groups is 1. The Balaban J connectivity index is 2.05. The van der Waals surface area contributed by atoms with Gasteiger partial charge in [-0.2, -0.15) is 0 Å². The van der Waals surface area contributed by atoms with Crippen molar-refractivity contribution in [1.29, 1.82) is 0 Å². The van der Waals surface area contributed by atoms with E-state index in [-0.39, 0.29) is 6.42 Å². The van der Waals surface area contributed by atoms with Crippen LogP contribution < -0.4 is 0 Å². The molecule has 0 radical (unpaired) electrons. The van der Waals surface area contributed by atoms with Gasteiger partial charge in [0.2, 0.25) is 0 Å². The van der Waals surface area contributed by atoms with E-state index in [4.69, 9.17) is 9.63 Å². The Morgan fingerprint density at radius 3 is 3.06 bits per heavy atom. The summed E-state index contributed by atoms with van der Waals surface area (Å²) in [6.07, 6.45) is -0.312. The first-order valence-corrected chi connectivity index (χ1v) is 5.13. The van der Waals surface area contributed by atoms with Gasteiger partial charge in [-0.25, -0.2) is 0 Å². The number of aliphatic hydroxyl groups excluding tert-OH is 1. The maximum absolute atomic E-state index is 11.0. The second-order valence-electron chi connectivity index (χ2n) is 4.11. The normalized spacial score (nSPS) is 26.1. The van der Waals surface area contributed by atoms with Gasteiger partial charge in [-0.15, -0.1) is 0 Å². The van der Waals surface area contributed by atoms with Gasteiger partial charge in [-0.3, -0.25) is 9.69 Å². The second kappa shape index (κ2) is 4.23. The summed E-state index contributed by atoms with van der Waals surface area (Å²) in [7, 11) is 0. The predicted molar refractivity (Wildman–Crippen MR) is 53.7 cm³/mol. The van der Waals surface area contributed by atoms with Gasteiger partial charge in [0, 0.05) is 19.0 Å². The van der Waals surface area contributed by atoms with Crippen LogP contribution in [0.1, 0.15) is 17.9 Å². The summed E-state index contributed by atoms with van der Waals surface area (Å²) in [5.41, 5.74) is 0.765. The highest BCUT2D eigenvalue weighted by Gasteiger charge is 2.36. The van der Waals surface area contributed by atoms with Crippen LogP contribution in [-0.4, -0.2) is 44.9 Å². The van der Waals surface area contributed by atoms with Crippen LogP contribution in [-0.2, 0) is 11.3 Å². The van der Waals surface area contributed by atoms with E-state index in [0.29, 0.717) is 18.8 Å². The number of aromatic nitrogens is 1. The molecule has 0 amide bonds. The highest BCUT2D eigenvalue weighted by molar-refractivity contribution is 5.74. The second-order valence-corrected chi connectivity index (χ2v) is 4.11. The minimum Gasteiger partial charge on any atom is -0.480 e. The molecule has 2 heterocycles. The van der Waals surface area contributed by atoms with Gasteiger partial charge < -0.3 is 14.7 Å². The predicted octanol–water partition coefficient (Wildman–Crippen LogP) is 0.00282. The molecule has 2 atom stereocenters. The van der Waals surface area contributed by atoms with Crippen molar-refractivity contribution in [3.05, 3.63) is 17.5 Å². The smallest absolute Gasteiger partial charge is 0.321 e. The van der Waals surface area contributed by atoms with E-state index in [1.54, 1.807) is 17.9 Å². The molecule has 0 bridgehead atoms. The molecular formula is C10H14N2O4. The summed E-state index contributed by atoms with van der Waals surface area (Å²) < 4.78 is 5.02. The largest absolute Gasteiger partial charge is 0.480 e. The number of rotatable bonds is 3. The van der Waals surface area contributed by atoms with E-state index in [0.717, 1.165) is 5.69 Å². The molecule has 88 valence electrons. The van der Waals surface area contributed by atoms with Crippen LogP contribution in [0, 0.1) is 6.92 Å². The maximum Gasteiger partial charge on any atom is 0.321 e. The molecule has 1 saturated heterocycles. The lowest BCUT2D eigenvalue weighted by Gasteiger charge is -2.18. The average Bonchev–Trinajstić information content (AvgIpc) is 2.74. The molecule has 6 heteroatoms. The Kier molecular flexibility index (Phi) is 2.93. The van der Waals surface area contributed by atoms with Crippen molar-refractivity contribution in [3.8, 4) is 0 Å². The van der Waals surface area contributed by atoms with Gasteiger partial charge >= 0.3 is 5.97 Å². The Bertz CT molecular complexity index is 390. The molecule has 1 aromatic rings. The van der Waals surface area contributed by atoms with Crippen LogP contribution in [0.5, 0.6) is 0 Å². The lowest BCUT2D eigenvalue weighted by atomic mass is 10.2. The SMILES string of the molecule is Cc1cc(CN2CC(O)CC2C(=O)O)on1. The van der Waals surface area contributed by atoms with Gasteiger partial charge in [0.15, 0.2) is 5.76 Å². The Hall–Kier alpha value is -1.40. The lowest BCUT2D eigenvalue weighted by molar-refractivity contribution is -0.142. The summed E-state index contributed by atoms with van der Waals surface area (Å²) in [5.74, 6) is -0.286. The quantitative estimate of drug-likeness (QED) is 0.754. The minimum absolute atomic E-state index is 0.266. The zero-order chi connectivity index (χ0) is 11.7. The van der Waals surface area contributed by atoms with E-state index in [1.165, 1.54) is 0 Å². The number of hydrogen-bond acceptors (Lipinski definition) is 5. The number of likely N-dealkylation sites (tertiary alicyclic amines) is 1. The summed E-state index contributed by atoms with van der Waals surface area (Å²) in [6, 6.07) is 1.13. The highest BCUT2D eigenvalue weighted by Crippen LogP contribution is 2.20. The molecule has 0 saturated carbocycles. The van der Waals surface area contributed by atoms with Crippen molar-refractivity contribution in [3.63, 3.8) is 0 Å². The maximum atomic E-state index is 11.0. The van der Waals surface area contributed by atoms with Gasteiger partial charge in [-0.1, -0.05) is 5.16 Å². The van der Waals surface area contributed by atoms with Crippen molar-refractivity contribution >= 4 is 5.97 Å². The number of carboxylic acid groups (broad SMARTS) is 1. The van der Waals surface area contributed by atoms with Crippen molar-refractivity contribution in [2.45, 2.75) is 32.0 Å². The van der Waals surface area contributed by atoms with Crippen molar-refractivity contribution in [2.24, 2.45) is 0 Å². The van der Waals surface area contributed by atoms with E-state index in [9.17, 15) is 9.90 Å². The summed E-state index contributed by atoms with van der Waals surface area (Å²) in [4.78, 5) is 12.6. The molecule has 1 aliphatic heterocycles. The van der Waals surface area contributed by atoms with Gasteiger partial charge in [0.05, 0.1) is 18.3 Å². The number of carboxylic acids is 1. The molecular weight excluding hydrogens is 212 g/mol. The van der Waals surface area contributed by atoms with Crippen LogP contribution in [0.25, 0.3) is 0 Å². The third-order valence-electron chi connectivity index (χ3n) is 2.70. The number of aryl methyl sites for hydroxylation is 1. The van der Waals surface area contributed by atoms with Crippen LogP contribution in [0.4, 0.5) is 0 Å². The first kappa shape index (κ1) is 11.1. The first-order valence-electron chi connectivity index (χ1n) is 5.13. The highest BCUT2D eigenvalue weighted by atomic mass is 16.5. The molecule has 2 rings (SSSR count). The van der Waals surface area contributed by atoms with Crippen LogP contribution >= 0.6 is 0 Å². The number of hydrogen-bond donors (Lipinski definition) is 2. The van der Waals surface area contributed by atoms with Crippen molar-refractivity contribution in [2.75, 3.05) is 6.54 Å². The fraction of sp³-hybridized carbons (Fsp3) is 0.600. The molecule has 6 nitrogen and oxygen atoms in total. The standard InChI is InChI=1S/C10H14N2O4/c1-6-2-8(16-11-6)5-12-4-7(13)3-9(12)10(14)15/h2,7,9,13H,3-5H2,1H3,(H,14,15). The fourth-order valence-corrected chi connectivity index (χ4v) is 2.00. The minimum atomic E-state index is -0.909. The third-order valence-corrected chi connectivity index (χ3v) is 2.70. The fourth-order valence-electron chi connectivity index (χ4n) is 2.00. The Morgan fingerprint density at radius 2 is 2.50 bits per heavy atom. The van der Waals surface area contributed by atoms with E-state index in [2.05, 4.69) is 5.16 Å². The van der Waals surface area contributed by atoms with Gasteiger partial charge in [0.25, 0.3) is 0 Å². The molecule has 0 aliphatic carbocycles. The van der Waals surface area contributed by atoms with Gasteiger partial charge in [-0.05, 0) is 6.92 Å². The van der Waals surface area contributed by atoms with Crippen LogP contribution in [0.3, 0.4) is 0 Å². The molecule has 2 N–H and O–H groups in total. The first-order chi connectivity index (χ1) is 7.56. The monoisotopic (exact) mass is 226 g/mol. The molecule has 0 aromatic carbocycles. The molecule has 0 spiro atoms. The van der Waals surface area contributed by atoms with Crippen LogP contribution in [0.2, 0.25) is 0 Å². The number of β-amino-alcohol motifs (C(OH)–C–C–N with tert-alkyl or cyclic N) is 1. The molecule has 1 aromatic heterocycles. The summed E-state index contributed by atoms with van der Waals surface area (Å²) in [6.45, 7) is 2.53. The lowest BCUT2D eigenvalue weighted by Crippen LogP contribution is -2.35.